The van der Waals surface area contributed by atoms with E-state index in [1.165, 1.54) is 0 Å². The van der Waals surface area contributed by atoms with Gasteiger partial charge in [-0.15, -0.1) is 0 Å². The molecule has 0 aromatic heterocycles. The Morgan fingerprint density at radius 3 is 2.74 bits per heavy atom. The fraction of sp³-hybridized carbons (Fsp3) is 1.00. The van der Waals surface area contributed by atoms with E-state index >= 15 is 0 Å². The summed E-state index contributed by atoms with van der Waals surface area (Å²) in [5, 5.41) is 12.7. The number of aliphatic hydroxyl groups excluding tert-OH is 1. The van der Waals surface area contributed by atoms with Crippen LogP contribution in [0.5, 0.6) is 0 Å². The van der Waals surface area contributed by atoms with Crippen LogP contribution in [0.1, 0.15) is 13.3 Å². The van der Waals surface area contributed by atoms with Gasteiger partial charge in [-0.2, -0.15) is 0 Å². The lowest BCUT2D eigenvalue weighted by Gasteiger charge is -2.14. The van der Waals surface area contributed by atoms with Crippen molar-refractivity contribution < 1.29 is 23.0 Å². The molecule has 0 aliphatic carbocycles. The van der Waals surface area contributed by atoms with E-state index in [1.54, 1.807) is 0 Å². The smallest absolute Gasteiger partial charge is 0.150 e. The molecule has 6 nitrogen and oxygen atoms in total. The molecule has 1 aliphatic rings. The predicted molar refractivity (Wildman–Crippen MR) is 72.9 cm³/mol. The zero-order valence-electron chi connectivity index (χ0n) is 11.5. The van der Waals surface area contributed by atoms with Crippen molar-refractivity contribution >= 4 is 9.84 Å². The van der Waals surface area contributed by atoms with E-state index in [-0.39, 0.29) is 18.3 Å². The Morgan fingerprint density at radius 2 is 2.11 bits per heavy atom. The van der Waals surface area contributed by atoms with E-state index in [9.17, 15) is 13.5 Å². The van der Waals surface area contributed by atoms with E-state index in [0.29, 0.717) is 38.7 Å². The minimum absolute atomic E-state index is 0.177. The third kappa shape index (κ3) is 7.84. The molecule has 1 heterocycles. The molecule has 1 fully saturated rings. The third-order valence-corrected chi connectivity index (χ3v) is 4.86. The van der Waals surface area contributed by atoms with Crippen molar-refractivity contribution in [1.29, 1.82) is 0 Å². The molecule has 1 saturated heterocycles. The molecular weight excluding hydrogens is 270 g/mol. The first-order valence-corrected chi connectivity index (χ1v) is 8.60. The topological polar surface area (TPSA) is 84.9 Å². The molecule has 2 N–H and O–H groups in total. The van der Waals surface area contributed by atoms with Gasteiger partial charge in [0.2, 0.25) is 0 Å². The maximum atomic E-state index is 11.3. The molecule has 114 valence electrons. The Bertz CT molecular complexity index is 333. The number of ether oxygens (including phenoxy) is 2. The summed E-state index contributed by atoms with van der Waals surface area (Å²) >= 11 is 0. The summed E-state index contributed by atoms with van der Waals surface area (Å²) in [6.07, 6.45) is 0.149. The number of rotatable bonds is 10. The van der Waals surface area contributed by atoms with Gasteiger partial charge in [0.1, 0.15) is 0 Å². The van der Waals surface area contributed by atoms with Gasteiger partial charge >= 0.3 is 0 Å². The summed E-state index contributed by atoms with van der Waals surface area (Å²) in [5.41, 5.74) is 0. The van der Waals surface area contributed by atoms with Gasteiger partial charge in [0, 0.05) is 13.2 Å². The van der Waals surface area contributed by atoms with Crippen LogP contribution in [0.25, 0.3) is 0 Å². The number of nitrogens with one attached hydrogen (secondary N) is 1. The Hall–Kier alpha value is -0.210. The van der Waals surface area contributed by atoms with E-state index in [2.05, 4.69) is 5.32 Å². The molecule has 0 bridgehead atoms. The summed E-state index contributed by atoms with van der Waals surface area (Å²) < 4.78 is 32.9. The van der Waals surface area contributed by atoms with Crippen molar-refractivity contribution in [3.05, 3.63) is 0 Å². The lowest BCUT2D eigenvalue weighted by molar-refractivity contribution is 0.00637. The Kier molecular flexibility index (Phi) is 7.86. The fourth-order valence-corrected chi connectivity index (χ4v) is 3.89. The minimum Gasteiger partial charge on any atom is -0.389 e. The normalized spacial score (nSPS) is 23.6. The SMILES string of the molecule is CCOCCOCC(O)CNCC1CCS(=O)(=O)C1. The van der Waals surface area contributed by atoms with Crippen molar-refractivity contribution in [1.82, 2.24) is 5.32 Å². The number of hydrogen-bond donors (Lipinski definition) is 2. The van der Waals surface area contributed by atoms with E-state index in [1.807, 2.05) is 6.92 Å². The number of hydrogen-bond acceptors (Lipinski definition) is 6. The summed E-state index contributed by atoms with van der Waals surface area (Å²) in [6.45, 7) is 4.92. The van der Waals surface area contributed by atoms with Crippen molar-refractivity contribution in [2.24, 2.45) is 5.92 Å². The minimum atomic E-state index is -2.81. The summed E-state index contributed by atoms with van der Waals surface area (Å²) in [6, 6.07) is 0. The monoisotopic (exact) mass is 295 g/mol. The zero-order chi connectivity index (χ0) is 14.1. The molecule has 2 atom stereocenters. The molecule has 0 spiro atoms. The van der Waals surface area contributed by atoms with Gasteiger partial charge in [0.05, 0.1) is 37.4 Å². The summed E-state index contributed by atoms with van der Waals surface area (Å²) in [5.74, 6) is 0.736. The maximum Gasteiger partial charge on any atom is 0.150 e. The second-order valence-electron chi connectivity index (χ2n) is 4.85. The first-order chi connectivity index (χ1) is 9.03. The van der Waals surface area contributed by atoms with Crippen LogP contribution in [-0.2, 0) is 19.3 Å². The van der Waals surface area contributed by atoms with Crippen LogP contribution in [0, 0.1) is 5.92 Å². The maximum absolute atomic E-state index is 11.3. The molecule has 1 rings (SSSR count). The van der Waals surface area contributed by atoms with Gasteiger partial charge in [-0.1, -0.05) is 0 Å². The Balaban J connectivity index is 1.97. The van der Waals surface area contributed by atoms with E-state index in [0.717, 1.165) is 6.42 Å². The molecule has 0 saturated carbocycles. The third-order valence-electron chi connectivity index (χ3n) is 3.03. The average Bonchev–Trinajstić information content (AvgIpc) is 2.69. The number of sulfone groups is 1. The molecule has 0 radical (unpaired) electrons. The first-order valence-electron chi connectivity index (χ1n) is 6.78. The second-order valence-corrected chi connectivity index (χ2v) is 7.08. The fourth-order valence-electron chi connectivity index (χ4n) is 2.03. The summed E-state index contributed by atoms with van der Waals surface area (Å²) in [7, 11) is -2.81. The molecular formula is C12H25NO5S. The van der Waals surface area contributed by atoms with E-state index in [4.69, 9.17) is 9.47 Å². The molecule has 0 amide bonds. The van der Waals surface area contributed by atoms with Crippen LogP contribution in [-0.4, -0.2) is 70.7 Å². The van der Waals surface area contributed by atoms with Gasteiger partial charge in [0.15, 0.2) is 9.84 Å². The highest BCUT2D eigenvalue weighted by Gasteiger charge is 2.27. The zero-order valence-corrected chi connectivity index (χ0v) is 12.3. The average molecular weight is 295 g/mol. The molecule has 0 aromatic rings. The first kappa shape index (κ1) is 16.8. The van der Waals surface area contributed by atoms with Crippen LogP contribution >= 0.6 is 0 Å². The summed E-state index contributed by atoms with van der Waals surface area (Å²) in [4.78, 5) is 0. The van der Waals surface area contributed by atoms with Crippen LogP contribution in [0.15, 0.2) is 0 Å². The lowest BCUT2D eigenvalue weighted by atomic mass is 10.1. The van der Waals surface area contributed by atoms with Crippen LogP contribution in [0.3, 0.4) is 0 Å². The van der Waals surface area contributed by atoms with Crippen molar-refractivity contribution in [3.63, 3.8) is 0 Å². The predicted octanol–water partition coefficient (Wildman–Crippen LogP) is -0.575. The van der Waals surface area contributed by atoms with Crippen LogP contribution < -0.4 is 5.32 Å². The largest absolute Gasteiger partial charge is 0.389 e. The van der Waals surface area contributed by atoms with Crippen molar-refractivity contribution in [2.45, 2.75) is 19.4 Å². The highest BCUT2D eigenvalue weighted by molar-refractivity contribution is 7.91. The molecule has 7 heteroatoms. The van der Waals surface area contributed by atoms with Gasteiger partial charge in [-0.05, 0) is 25.8 Å². The second kappa shape index (κ2) is 8.86. The van der Waals surface area contributed by atoms with Crippen LogP contribution in [0.2, 0.25) is 0 Å². The Labute approximate surface area is 115 Å². The molecule has 1 aliphatic heterocycles. The van der Waals surface area contributed by atoms with E-state index < -0.39 is 15.9 Å². The van der Waals surface area contributed by atoms with Crippen LogP contribution in [0.4, 0.5) is 0 Å². The van der Waals surface area contributed by atoms with Crippen molar-refractivity contribution in [2.75, 3.05) is 51.0 Å². The van der Waals surface area contributed by atoms with Gasteiger partial charge < -0.3 is 19.9 Å². The number of aliphatic hydroxyl groups is 1. The highest BCUT2D eigenvalue weighted by Crippen LogP contribution is 2.17. The highest BCUT2D eigenvalue weighted by atomic mass is 32.2. The van der Waals surface area contributed by atoms with Gasteiger partial charge in [-0.3, -0.25) is 0 Å². The Morgan fingerprint density at radius 1 is 1.37 bits per heavy atom. The molecule has 2 unspecified atom stereocenters. The quantitative estimate of drug-likeness (QED) is 0.525. The van der Waals surface area contributed by atoms with Crippen molar-refractivity contribution in [3.8, 4) is 0 Å². The standard InChI is InChI=1S/C12H25NO5S/c1-2-17-4-5-18-9-12(14)8-13-7-11-3-6-19(15,16)10-11/h11-14H,2-10H2,1H3. The van der Waals surface area contributed by atoms with Gasteiger partial charge in [-0.25, -0.2) is 8.42 Å². The lowest BCUT2D eigenvalue weighted by Crippen LogP contribution is -2.34. The molecule has 0 aromatic carbocycles. The van der Waals surface area contributed by atoms with Gasteiger partial charge in [0.25, 0.3) is 0 Å². The molecule has 19 heavy (non-hydrogen) atoms.